The highest BCUT2D eigenvalue weighted by atomic mass is 19.3. The number of ether oxygens (including phenoxy) is 4. The summed E-state index contributed by atoms with van der Waals surface area (Å²) in [4.78, 5) is 8.91. The van der Waals surface area contributed by atoms with E-state index in [1.807, 2.05) is 0 Å². The number of methoxy groups -OCH3 is 3. The zero-order valence-electron chi connectivity index (χ0n) is 20.8. The first-order valence-electron chi connectivity index (χ1n) is 11.2. The molecule has 3 rings (SSSR count). The number of halogens is 3. The Balaban J connectivity index is 2.04. The Morgan fingerprint density at radius 1 is 1.06 bits per heavy atom. The molecule has 0 aliphatic carbocycles. The fraction of sp³-hybridized carbons (Fsp3) is 0.440. The van der Waals surface area contributed by atoms with Crippen LogP contribution in [0.15, 0.2) is 30.3 Å². The van der Waals surface area contributed by atoms with Crippen molar-refractivity contribution >= 4 is 16.7 Å². The van der Waals surface area contributed by atoms with Crippen LogP contribution in [-0.4, -0.2) is 62.3 Å². The molecule has 1 heterocycles. The number of rotatable bonds is 12. The smallest absolute Gasteiger partial charge is 0.298 e. The first-order chi connectivity index (χ1) is 17.1. The van der Waals surface area contributed by atoms with E-state index in [1.54, 1.807) is 40.2 Å². The summed E-state index contributed by atoms with van der Waals surface area (Å²) in [5, 5.41) is 12.7. The number of aliphatic hydroxyl groups is 1. The Morgan fingerprint density at radius 2 is 1.75 bits per heavy atom. The maximum atomic E-state index is 15.0. The van der Waals surface area contributed by atoms with E-state index in [2.05, 4.69) is 15.3 Å². The van der Waals surface area contributed by atoms with Gasteiger partial charge in [-0.05, 0) is 26.0 Å². The van der Waals surface area contributed by atoms with Crippen LogP contribution in [0.2, 0.25) is 0 Å². The fourth-order valence-electron chi connectivity index (χ4n) is 3.82. The molecule has 2 aromatic carbocycles. The Morgan fingerprint density at radius 3 is 2.36 bits per heavy atom. The highest BCUT2D eigenvalue weighted by Gasteiger charge is 2.35. The quantitative estimate of drug-likeness (QED) is 0.372. The van der Waals surface area contributed by atoms with Crippen LogP contribution in [0.25, 0.3) is 10.9 Å². The van der Waals surface area contributed by atoms with Crippen molar-refractivity contribution in [3.8, 4) is 11.5 Å². The minimum Gasteiger partial charge on any atom is -0.493 e. The van der Waals surface area contributed by atoms with E-state index >= 15 is 4.39 Å². The molecule has 8 nitrogen and oxygen atoms in total. The van der Waals surface area contributed by atoms with Crippen LogP contribution in [0.5, 0.6) is 11.5 Å². The molecule has 0 spiro atoms. The van der Waals surface area contributed by atoms with Crippen molar-refractivity contribution in [2.24, 2.45) is 0 Å². The number of hydrogen-bond donors (Lipinski definition) is 2. The Bertz CT molecular complexity index is 1190. The number of nitrogens with zero attached hydrogens (tertiary/aromatic N) is 2. The van der Waals surface area contributed by atoms with Gasteiger partial charge in [0.05, 0.1) is 37.4 Å². The molecule has 36 heavy (non-hydrogen) atoms. The second-order valence-corrected chi connectivity index (χ2v) is 8.23. The molecule has 3 aromatic rings. The highest BCUT2D eigenvalue weighted by molar-refractivity contribution is 5.92. The van der Waals surface area contributed by atoms with Crippen molar-refractivity contribution in [2.45, 2.75) is 31.9 Å². The first kappa shape index (κ1) is 27.4. The van der Waals surface area contributed by atoms with Gasteiger partial charge in [-0.15, -0.1) is 0 Å². The molecule has 0 bridgehead atoms. The number of anilines is 1. The number of alkyl halides is 2. The van der Waals surface area contributed by atoms with Crippen LogP contribution in [0, 0.1) is 12.7 Å². The fourth-order valence-corrected chi connectivity index (χ4v) is 3.82. The van der Waals surface area contributed by atoms with Gasteiger partial charge >= 0.3 is 0 Å². The maximum absolute atomic E-state index is 15.0. The predicted octanol–water partition coefficient (Wildman–Crippen LogP) is 4.38. The summed E-state index contributed by atoms with van der Waals surface area (Å²) in [5.41, 5.74) is -0.338. The molecule has 0 aliphatic rings. The van der Waals surface area contributed by atoms with Crippen molar-refractivity contribution < 1.29 is 37.2 Å². The number of nitrogens with one attached hydrogen (secondary N) is 1. The van der Waals surface area contributed by atoms with Crippen molar-refractivity contribution in [3.63, 3.8) is 0 Å². The number of aromatic nitrogens is 2. The lowest BCUT2D eigenvalue weighted by atomic mass is 10.00. The molecule has 0 aliphatic heterocycles. The SMILES string of the molecule is COCC(COC)Oc1cc2c(N[C@H](C)c3cccc(C(F)(F)CO)c3F)nc(C)nc2cc1OC. The number of fused-ring (bicyclic) bond motifs is 1. The molecule has 0 saturated heterocycles. The molecule has 1 aromatic heterocycles. The highest BCUT2D eigenvalue weighted by Crippen LogP contribution is 2.37. The van der Waals surface area contributed by atoms with Crippen LogP contribution >= 0.6 is 0 Å². The maximum Gasteiger partial charge on any atom is 0.298 e. The van der Waals surface area contributed by atoms with Gasteiger partial charge in [-0.3, -0.25) is 0 Å². The number of aliphatic hydroxyl groups excluding tert-OH is 1. The molecular formula is C25H30F3N3O5. The summed E-state index contributed by atoms with van der Waals surface area (Å²) in [7, 11) is 4.60. The van der Waals surface area contributed by atoms with Gasteiger partial charge in [0.25, 0.3) is 5.92 Å². The third-order valence-corrected chi connectivity index (χ3v) is 5.53. The van der Waals surface area contributed by atoms with Gasteiger partial charge in [0, 0.05) is 31.2 Å². The average molecular weight is 510 g/mol. The Kier molecular flexibility index (Phi) is 8.93. The lowest BCUT2D eigenvalue weighted by molar-refractivity contribution is -0.0583. The molecule has 0 amide bonds. The van der Waals surface area contributed by atoms with E-state index in [0.29, 0.717) is 34.0 Å². The zero-order valence-corrected chi connectivity index (χ0v) is 20.8. The first-order valence-corrected chi connectivity index (χ1v) is 11.2. The molecule has 0 saturated carbocycles. The molecule has 2 N–H and O–H groups in total. The standard InChI is InChI=1S/C25H30F3N3O5/c1-14(17-7-6-8-19(23(17)26)25(27,28)13-32)29-24-18-9-22(36-16(11-33-3)12-34-4)21(35-5)10-20(18)30-15(2)31-24/h6-10,14,16,32H,11-13H2,1-5H3,(H,29,30,31)/t14-/m1/s1. The largest absolute Gasteiger partial charge is 0.493 e. The summed E-state index contributed by atoms with van der Waals surface area (Å²) < 4.78 is 65.0. The van der Waals surface area contributed by atoms with Gasteiger partial charge < -0.3 is 29.4 Å². The van der Waals surface area contributed by atoms with E-state index in [1.165, 1.54) is 19.2 Å². The molecule has 0 unspecified atom stereocenters. The lowest BCUT2D eigenvalue weighted by Crippen LogP contribution is -2.27. The van der Waals surface area contributed by atoms with Gasteiger partial charge in [0.2, 0.25) is 0 Å². The van der Waals surface area contributed by atoms with Crippen LogP contribution in [0.3, 0.4) is 0 Å². The summed E-state index contributed by atoms with van der Waals surface area (Å²) in [6, 6.07) is 6.30. The van der Waals surface area contributed by atoms with E-state index < -0.39 is 36.1 Å². The van der Waals surface area contributed by atoms with Gasteiger partial charge in [0.1, 0.15) is 30.2 Å². The normalized spacial score (nSPS) is 12.7. The van der Waals surface area contributed by atoms with Gasteiger partial charge in [-0.2, -0.15) is 8.78 Å². The predicted molar refractivity (Wildman–Crippen MR) is 128 cm³/mol. The number of hydrogen-bond acceptors (Lipinski definition) is 8. The molecule has 1 atom stereocenters. The second kappa shape index (κ2) is 11.7. The van der Waals surface area contributed by atoms with Gasteiger partial charge in [-0.1, -0.05) is 12.1 Å². The third-order valence-electron chi connectivity index (χ3n) is 5.53. The van der Waals surface area contributed by atoms with Crippen LogP contribution in [0.4, 0.5) is 19.0 Å². The van der Waals surface area contributed by atoms with E-state index in [-0.39, 0.29) is 18.8 Å². The average Bonchev–Trinajstić information content (AvgIpc) is 2.84. The number of aryl methyl sites for hydroxylation is 1. The molecule has 11 heteroatoms. The van der Waals surface area contributed by atoms with Crippen LogP contribution in [-0.2, 0) is 15.4 Å². The van der Waals surface area contributed by atoms with E-state index in [0.717, 1.165) is 6.07 Å². The summed E-state index contributed by atoms with van der Waals surface area (Å²) in [6.07, 6.45) is -0.418. The van der Waals surface area contributed by atoms with E-state index in [9.17, 15) is 8.78 Å². The Hall–Kier alpha value is -3.15. The molecular weight excluding hydrogens is 479 g/mol. The third kappa shape index (κ3) is 5.97. The minimum atomic E-state index is -3.71. The molecule has 0 radical (unpaired) electrons. The Labute approximate surface area is 207 Å². The van der Waals surface area contributed by atoms with E-state index in [4.69, 9.17) is 24.1 Å². The van der Waals surface area contributed by atoms with Crippen molar-refractivity contribution in [3.05, 3.63) is 53.1 Å². The minimum absolute atomic E-state index is 0.00437. The monoisotopic (exact) mass is 509 g/mol. The van der Waals surface area contributed by atoms with Crippen molar-refractivity contribution in [2.75, 3.05) is 46.5 Å². The number of benzene rings is 2. The summed E-state index contributed by atoms with van der Waals surface area (Å²) in [5.74, 6) is -3.19. The van der Waals surface area contributed by atoms with Crippen LogP contribution in [0.1, 0.15) is 29.9 Å². The van der Waals surface area contributed by atoms with Gasteiger partial charge in [0.15, 0.2) is 11.5 Å². The summed E-state index contributed by atoms with van der Waals surface area (Å²) >= 11 is 0. The zero-order chi connectivity index (χ0) is 26.5. The second-order valence-electron chi connectivity index (χ2n) is 8.23. The molecule has 0 fully saturated rings. The van der Waals surface area contributed by atoms with Crippen LogP contribution < -0.4 is 14.8 Å². The molecule has 196 valence electrons. The topological polar surface area (TPSA) is 95.0 Å². The van der Waals surface area contributed by atoms with Crippen molar-refractivity contribution in [1.29, 1.82) is 0 Å². The summed E-state index contributed by atoms with van der Waals surface area (Å²) in [6.45, 7) is 2.37. The van der Waals surface area contributed by atoms with Gasteiger partial charge in [-0.25, -0.2) is 14.4 Å². The lowest BCUT2D eigenvalue weighted by Gasteiger charge is -2.22. The van der Waals surface area contributed by atoms with Crippen molar-refractivity contribution in [1.82, 2.24) is 9.97 Å².